The topological polar surface area (TPSA) is 86.8 Å². The van der Waals surface area contributed by atoms with Gasteiger partial charge >= 0.3 is 0 Å². The van der Waals surface area contributed by atoms with Crippen molar-refractivity contribution in [3.63, 3.8) is 0 Å². The molecule has 0 aliphatic heterocycles. The van der Waals surface area contributed by atoms with E-state index in [1.54, 1.807) is 48.5 Å². The van der Waals surface area contributed by atoms with Gasteiger partial charge in [0.25, 0.3) is 10.0 Å². The smallest absolute Gasteiger partial charge is 0.264 e. The first kappa shape index (κ1) is 33.4. The molecular weight excluding hydrogens is 648 g/mol. The maximum absolute atomic E-state index is 14.6. The van der Waals surface area contributed by atoms with E-state index in [1.807, 2.05) is 30.3 Å². The van der Waals surface area contributed by atoms with E-state index in [0.29, 0.717) is 15.6 Å². The molecule has 1 fully saturated rings. The molecule has 46 heavy (non-hydrogen) atoms. The number of sulfonamides is 1. The number of carbonyl (C=O) groups excluding carboxylic acids is 2. The van der Waals surface area contributed by atoms with E-state index >= 15 is 0 Å². The SMILES string of the molecule is O=C(NC1CCCC1)[C@@H](Cc1ccccc1)N(Cc1c(Cl)cccc1Cl)C(=O)CN(c1ccccc1)S(=O)(=O)c1ccc(F)cc1. The molecular formula is C35H34Cl2FN3O4S. The van der Waals surface area contributed by atoms with Crippen molar-refractivity contribution >= 4 is 50.7 Å². The van der Waals surface area contributed by atoms with E-state index in [9.17, 15) is 22.4 Å². The fourth-order valence-corrected chi connectivity index (χ4v) is 7.56. The van der Waals surface area contributed by atoms with Crippen LogP contribution in [0.1, 0.15) is 36.8 Å². The fraction of sp³-hybridized carbons (Fsp3) is 0.257. The highest BCUT2D eigenvalue weighted by atomic mass is 35.5. The van der Waals surface area contributed by atoms with Crippen LogP contribution in [0.4, 0.5) is 10.1 Å². The number of anilines is 1. The number of nitrogens with zero attached hydrogens (tertiary/aromatic N) is 2. The van der Waals surface area contributed by atoms with E-state index in [4.69, 9.17) is 23.2 Å². The second-order valence-corrected chi connectivity index (χ2v) is 13.9. The number of hydrogen-bond donors (Lipinski definition) is 1. The number of benzene rings is 4. The highest BCUT2D eigenvalue weighted by Crippen LogP contribution is 2.29. The van der Waals surface area contributed by atoms with Crippen LogP contribution >= 0.6 is 23.2 Å². The van der Waals surface area contributed by atoms with Crippen LogP contribution in [-0.2, 0) is 32.6 Å². The summed E-state index contributed by atoms with van der Waals surface area (Å²) in [6.45, 7) is -0.792. The summed E-state index contributed by atoms with van der Waals surface area (Å²) in [5, 5.41) is 3.74. The second kappa shape index (κ2) is 15.1. The van der Waals surface area contributed by atoms with Gasteiger partial charge < -0.3 is 10.2 Å². The van der Waals surface area contributed by atoms with Gasteiger partial charge in [0.1, 0.15) is 18.4 Å². The monoisotopic (exact) mass is 681 g/mol. The van der Waals surface area contributed by atoms with E-state index in [1.165, 1.54) is 4.90 Å². The molecule has 1 atom stereocenters. The Morgan fingerprint density at radius 2 is 1.41 bits per heavy atom. The average molecular weight is 683 g/mol. The van der Waals surface area contributed by atoms with Crippen molar-refractivity contribution < 1.29 is 22.4 Å². The summed E-state index contributed by atoms with van der Waals surface area (Å²) < 4.78 is 42.7. The van der Waals surface area contributed by atoms with Gasteiger partial charge in [0.2, 0.25) is 11.8 Å². The first-order valence-electron chi connectivity index (χ1n) is 15.0. The molecule has 1 aliphatic rings. The lowest BCUT2D eigenvalue weighted by Gasteiger charge is -2.34. The van der Waals surface area contributed by atoms with E-state index < -0.39 is 34.3 Å². The number of para-hydroxylation sites is 1. The molecule has 0 saturated heterocycles. The van der Waals surface area contributed by atoms with Gasteiger partial charge in [0, 0.05) is 34.6 Å². The van der Waals surface area contributed by atoms with Gasteiger partial charge in [-0.05, 0) is 66.9 Å². The van der Waals surface area contributed by atoms with E-state index in [0.717, 1.165) is 59.8 Å². The molecule has 1 N–H and O–H groups in total. The average Bonchev–Trinajstić information content (AvgIpc) is 3.56. The second-order valence-electron chi connectivity index (χ2n) is 11.2. The minimum atomic E-state index is -4.35. The van der Waals surface area contributed by atoms with Crippen LogP contribution in [0.15, 0.2) is 108 Å². The van der Waals surface area contributed by atoms with Crippen LogP contribution in [0.2, 0.25) is 10.0 Å². The predicted molar refractivity (Wildman–Crippen MR) is 179 cm³/mol. The van der Waals surface area contributed by atoms with Gasteiger partial charge in [-0.3, -0.25) is 13.9 Å². The van der Waals surface area contributed by atoms with Crippen LogP contribution in [0.25, 0.3) is 0 Å². The van der Waals surface area contributed by atoms with Gasteiger partial charge in [0.05, 0.1) is 10.6 Å². The van der Waals surface area contributed by atoms with Gasteiger partial charge in [0.15, 0.2) is 0 Å². The molecule has 1 saturated carbocycles. The van der Waals surface area contributed by atoms with Crippen LogP contribution in [0.5, 0.6) is 0 Å². The molecule has 2 amide bonds. The van der Waals surface area contributed by atoms with Crippen molar-refractivity contribution in [2.24, 2.45) is 0 Å². The zero-order chi connectivity index (χ0) is 32.7. The van der Waals surface area contributed by atoms with Crippen LogP contribution in [0, 0.1) is 5.82 Å². The Labute approximate surface area is 279 Å². The molecule has 0 aromatic heterocycles. The molecule has 5 rings (SSSR count). The summed E-state index contributed by atoms with van der Waals surface area (Å²) >= 11 is 13.1. The first-order chi connectivity index (χ1) is 22.1. The maximum atomic E-state index is 14.6. The molecule has 4 aromatic carbocycles. The summed E-state index contributed by atoms with van der Waals surface area (Å²) in [6, 6.07) is 25.8. The van der Waals surface area contributed by atoms with Crippen LogP contribution in [-0.4, -0.2) is 43.8 Å². The molecule has 1 aliphatic carbocycles. The van der Waals surface area contributed by atoms with Crippen molar-refractivity contribution in [1.29, 1.82) is 0 Å². The zero-order valence-electron chi connectivity index (χ0n) is 25.0. The number of carbonyl (C=O) groups is 2. The van der Waals surface area contributed by atoms with Gasteiger partial charge in [-0.2, -0.15) is 0 Å². The Balaban J connectivity index is 1.58. The summed E-state index contributed by atoms with van der Waals surface area (Å²) in [5.41, 5.74) is 1.47. The number of nitrogens with one attached hydrogen (secondary N) is 1. The normalized spacial score (nSPS) is 14.1. The third-order valence-corrected chi connectivity index (χ3v) is 10.6. The lowest BCUT2D eigenvalue weighted by molar-refractivity contribution is -0.140. The Kier molecular flexibility index (Phi) is 11.0. The third-order valence-electron chi connectivity index (χ3n) is 8.09. The summed E-state index contributed by atoms with van der Waals surface area (Å²) in [5.74, 6) is -1.59. The molecule has 0 heterocycles. The van der Waals surface area contributed by atoms with E-state index in [2.05, 4.69) is 5.32 Å². The largest absolute Gasteiger partial charge is 0.352 e. The van der Waals surface area contributed by atoms with Crippen LogP contribution < -0.4 is 9.62 Å². The lowest BCUT2D eigenvalue weighted by atomic mass is 10.0. The van der Waals surface area contributed by atoms with Crippen molar-refractivity contribution in [2.45, 2.75) is 55.6 Å². The number of amides is 2. The van der Waals surface area contributed by atoms with Gasteiger partial charge in [-0.25, -0.2) is 12.8 Å². The minimum absolute atomic E-state index is 0.0219. The maximum Gasteiger partial charge on any atom is 0.264 e. The molecule has 0 unspecified atom stereocenters. The Morgan fingerprint density at radius 3 is 2.02 bits per heavy atom. The van der Waals surface area contributed by atoms with Gasteiger partial charge in [-0.1, -0.05) is 90.6 Å². The highest BCUT2D eigenvalue weighted by Gasteiger charge is 2.36. The number of rotatable bonds is 12. The molecule has 0 bridgehead atoms. The molecule has 240 valence electrons. The van der Waals surface area contributed by atoms with Crippen molar-refractivity contribution in [1.82, 2.24) is 10.2 Å². The van der Waals surface area contributed by atoms with Crippen molar-refractivity contribution in [3.8, 4) is 0 Å². The van der Waals surface area contributed by atoms with Crippen LogP contribution in [0.3, 0.4) is 0 Å². The Bertz CT molecular complexity index is 1730. The summed E-state index contributed by atoms with van der Waals surface area (Å²) in [7, 11) is -4.35. The predicted octanol–water partition coefficient (Wildman–Crippen LogP) is 7.03. The summed E-state index contributed by atoms with van der Waals surface area (Å²) in [4.78, 5) is 29.8. The van der Waals surface area contributed by atoms with Crippen molar-refractivity contribution in [3.05, 3.63) is 130 Å². The number of hydrogen-bond acceptors (Lipinski definition) is 4. The molecule has 0 spiro atoms. The lowest BCUT2D eigenvalue weighted by Crippen LogP contribution is -2.54. The number of halogens is 3. The standard InChI is InChI=1S/C35H34Cl2FN3O4S/c36-31-16-9-17-32(37)30(31)23-40(33(22-25-10-3-1-4-11-25)35(43)39-27-12-7-8-13-27)34(42)24-41(28-14-5-2-6-15-28)46(44,45)29-20-18-26(38)19-21-29/h1-6,9-11,14-21,27,33H,7-8,12-13,22-24H2,(H,39,43)/t33-/m1/s1. The molecule has 0 radical (unpaired) electrons. The quantitative estimate of drug-likeness (QED) is 0.174. The van der Waals surface area contributed by atoms with Crippen molar-refractivity contribution in [2.75, 3.05) is 10.8 Å². The highest BCUT2D eigenvalue weighted by molar-refractivity contribution is 7.92. The Hall–Kier alpha value is -3.92. The molecule has 4 aromatic rings. The van der Waals surface area contributed by atoms with Gasteiger partial charge in [-0.15, -0.1) is 0 Å². The first-order valence-corrected chi connectivity index (χ1v) is 17.2. The Morgan fingerprint density at radius 1 is 0.826 bits per heavy atom. The molecule has 7 nitrogen and oxygen atoms in total. The summed E-state index contributed by atoms with van der Waals surface area (Å²) in [6.07, 6.45) is 3.85. The fourth-order valence-electron chi connectivity index (χ4n) is 5.63. The van der Waals surface area contributed by atoms with E-state index in [-0.39, 0.29) is 35.5 Å². The zero-order valence-corrected chi connectivity index (χ0v) is 27.3. The third kappa shape index (κ3) is 8.07. The minimum Gasteiger partial charge on any atom is -0.352 e. The molecule has 11 heteroatoms.